The number of para-hydroxylation sites is 2. The van der Waals surface area contributed by atoms with Crippen molar-refractivity contribution in [3.63, 3.8) is 0 Å². The molecule has 0 saturated carbocycles. The molecule has 1 aliphatic heterocycles. The summed E-state index contributed by atoms with van der Waals surface area (Å²) in [6.07, 6.45) is 0. The lowest BCUT2D eigenvalue weighted by Gasteiger charge is -2.36. The van der Waals surface area contributed by atoms with Gasteiger partial charge in [0.1, 0.15) is 28.6 Å². The number of amides is 1. The highest BCUT2D eigenvalue weighted by Gasteiger charge is 2.27. The van der Waals surface area contributed by atoms with Gasteiger partial charge in [-0.1, -0.05) is 12.1 Å². The van der Waals surface area contributed by atoms with Gasteiger partial charge in [-0.2, -0.15) is 5.10 Å². The highest BCUT2D eigenvalue weighted by Crippen LogP contribution is 2.29. The van der Waals surface area contributed by atoms with Gasteiger partial charge in [0, 0.05) is 32.2 Å². The third-order valence-electron chi connectivity index (χ3n) is 6.23. The Morgan fingerprint density at radius 2 is 1.66 bits per heavy atom. The Morgan fingerprint density at radius 3 is 2.31 bits per heavy atom. The first-order chi connectivity index (χ1) is 17.1. The molecule has 0 bridgehead atoms. The summed E-state index contributed by atoms with van der Waals surface area (Å²) in [5, 5.41) is 4.73. The van der Waals surface area contributed by atoms with Crippen LogP contribution in [0.2, 0.25) is 0 Å². The van der Waals surface area contributed by atoms with Crippen LogP contribution in [0.5, 0.6) is 11.5 Å². The largest absolute Gasteiger partial charge is 0.497 e. The van der Waals surface area contributed by atoms with E-state index in [0.717, 1.165) is 28.6 Å². The Labute approximate surface area is 204 Å². The molecule has 0 radical (unpaired) electrons. The molecule has 3 heterocycles. The normalized spacial score (nSPS) is 13.7. The molecule has 35 heavy (non-hydrogen) atoms. The molecule has 0 atom stereocenters. The standard InChI is InChI=1S/C27H28N4O4/c1-19-8-13-25(35-19)22-18-24(31(28-22)20-9-11-21(33-2)12-10-20)27(32)30-16-14-29(15-17-30)23-6-4-5-7-26(23)34-3/h4-13,18H,14-17H2,1-3H3. The maximum absolute atomic E-state index is 13.7. The third-order valence-corrected chi connectivity index (χ3v) is 6.23. The summed E-state index contributed by atoms with van der Waals surface area (Å²) < 4.78 is 18.3. The number of aryl methyl sites for hydroxylation is 1. The predicted octanol–water partition coefficient (Wildman–Crippen LogP) is 4.42. The monoisotopic (exact) mass is 472 g/mol. The van der Waals surface area contributed by atoms with Crippen molar-refractivity contribution in [1.29, 1.82) is 0 Å². The maximum atomic E-state index is 13.7. The minimum absolute atomic E-state index is 0.0671. The molecule has 8 nitrogen and oxygen atoms in total. The number of ether oxygens (including phenoxy) is 2. The van der Waals surface area contributed by atoms with Crippen molar-refractivity contribution in [2.24, 2.45) is 0 Å². The van der Waals surface area contributed by atoms with Crippen molar-refractivity contribution < 1.29 is 18.7 Å². The minimum atomic E-state index is -0.0671. The number of furan rings is 1. The fourth-order valence-corrected chi connectivity index (χ4v) is 4.35. The smallest absolute Gasteiger partial charge is 0.272 e. The number of piperazine rings is 1. The van der Waals surface area contributed by atoms with E-state index in [1.54, 1.807) is 25.0 Å². The van der Waals surface area contributed by atoms with E-state index < -0.39 is 0 Å². The number of carbonyl (C=O) groups excluding carboxylic acids is 1. The fraction of sp³-hybridized carbons (Fsp3) is 0.259. The van der Waals surface area contributed by atoms with Crippen LogP contribution in [0.1, 0.15) is 16.2 Å². The number of hydrogen-bond acceptors (Lipinski definition) is 6. The summed E-state index contributed by atoms with van der Waals surface area (Å²) in [7, 11) is 3.30. The van der Waals surface area contributed by atoms with E-state index in [2.05, 4.69) is 4.90 Å². The van der Waals surface area contributed by atoms with Crippen molar-refractivity contribution in [3.05, 3.63) is 78.2 Å². The molecular weight excluding hydrogens is 444 g/mol. The zero-order valence-corrected chi connectivity index (χ0v) is 20.1. The molecule has 0 aliphatic carbocycles. The average Bonchev–Trinajstić information content (AvgIpc) is 3.55. The van der Waals surface area contributed by atoms with Gasteiger partial charge in [0.05, 0.1) is 25.6 Å². The molecule has 180 valence electrons. The Kier molecular flexibility index (Phi) is 6.18. The van der Waals surface area contributed by atoms with Gasteiger partial charge in [0.25, 0.3) is 5.91 Å². The molecule has 2 aromatic carbocycles. The number of carbonyl (C=O) groups is 1. The molecule has 4 aromatic rings. The molecule has 8 heteroatoms. The van der Waals surface area contributed by atoms with Crippen LogP contribution in [-0.4, -0.2) is 61.0 Å². The van der Waals surface area contributed by atoms with Gasteiger partial charge < -0.3 is 23.7 Å². The first-order valence-corrected chi connectivity index (χ1v) is 11.6. The highest BCUT2D eigenvalue weighted by atomic mass is 16.5. The second kappa shape index (κ2) is 9.58. The lowest BCUT2D eigenvalue weighted by atomic mass is 10.2. The zero-order chi connectivity index (χ0) is 24.4. The van der Waals surface area contributed by atoms with Crippen LogP contribution < -0.4 is 14.4 Å². The molecule has 0 unspecified atom stereocenters. The Hall–Kier alpha value is -4.20. The quantitative estimate of drug-likeness (QED) is 0.414. The molecule has 1 saturated heterocycles. The van der Waals surface area contributed by atoms with Crippen molar-refractivity contribution in [2.75, 3.05) is 45.3 Å². The summed E-state index contributed by atoms with van der Waals surface area (Å²) in [5.41, 5.74) is 2.92. The van der Waals surface area contributed by atoms with Gasteiger partial charge in [-0.3, -0.25) is 4.79 Å². The van der Waals surface area contributed by atoms with Crippen LogP contribution >= 0.6 is 0 Å². The lowest BCUT2D eigenvalue weighted by molar-refractivity contribution is 0.0737. The summed E-state index contributed by atoms with van der Waals surface area (Å²) in [6.45, 7) is 4.51. The highest BCUT2D eigenvalue weighted by molar-refractivity contribution is 5.94. The summed E-state index contributed by atoms with van der Waals surface area (Å²) >= 11 is 0. The first-order valence-electron chi connectivity index (χ1n) is 11.6. The van der Waals surface area contributed by atoms with Crippen molar-refractivity contribution >= 4 is 11.6 Å². The number of hydrogen-bond donors (Lipinski definition) is 0. The molecule has 2 aromatic heterocycles. The molecule has 1 amide bonds. The lowest BCUT2D eigenvalue weighted by Crippen LogP contribution is -2.49. The second-order valence-corrected chi connectivity index (χ2v) is 8.39. The molecular formula is C27H28N4O4. The summed E-state index contributed by atoms with van der Waals surface area (Å²) in [5.74, 6) is 2.93. The van der Waals surface area contributed by atoms with Crippen LogP contribution in [0.25, 0.3) is 17.1 Å². The summed E-state index contributed by atoms with van der Waals surface area (Å²) in [6, 6.07) is 21.0. The Balaban J connectivity index is 1.42. The van der Waals surface area contributed by atoms with E-state index in [1.165, 1.54) is 0 Å². The van der Waals surface area contributed by atoms with Gasteiger partial charge in [0.15, 0.2) is 5.76 Å². The van der Waals surface area contributed by atoms with E-state index >= 15 is 0 Å². The maximum Gasteiger partial charge on any atom is 0.272 e. The third kappa shape index (κ3) is 4.47. The number of aromatic nitrogens is 2. The van der Waals surface area contributed by atoms with E-state index in [4.69, 9.17) is 19.0 Å². The number of benzene rings is 2. The molecule has 1 fully saturated rings. The van der Waals surface area contributed by atoms with Gasteiger partial charge in [-0.15, -0.1) is 0 Å². The molecule has 0 N–H and O–H groups in total. The minimum Gasteiger partial charge on any atom is -0.497 e. The van der Waals surface area contributed by atoms with Crippen LogP contribution in [0, 0.1) is 6.92 Å². The van der Waals surface area contributed by atoms with Crippen LogP contribution in [0.15, 0.2) is 71.1 Å². The van der Waals surface area contributed by atoms with Gasteiger partial charge in [-0.25, -0.2) is 4.68 Å². The van der Waals surface area contributed by atoms with E-state index in [0.29, 0.717) is 43.3 Å². The number of anilines is 1. The Morgan fingerprint density at radius 1 is 0.914 bits per heavy atom. The van der Waals surface area contributed by atoms with E-state index in [-0.39, 0.29) is 5.91 Å². The first kappa shape index (κ1) is 22.6. The van der Waals surface area contributed by atoms with E-state index in [1.807, 2.05) is 72.5 Å². The van der Waals surface area contributed by atoms with Crippen molar-refractivity contribution in [1.82, 2.24) is 14.7 Å². The van der Waals surface area contributed by atoms with Gasteiger partial charge >= 0.3 is 0 Å². The molecule has 0 spiro atoms. The van der Waals surface area contributed by atoms with Gasteiger partial charge in [-0.05, 0) is 55.5 Å². The van der Waals surface area contributed by atoms with Crippen LogP contribution in [-0.2, 0) is 0 Å². The fourth-order valence-electron chi connectivity index (χ4n) is 4.35. The zero-order valence-electron chi connectivity index (χ0n) is 20.1. The number of rotatable bonds is 6. The number of methoxy groups -OCH3 is 2. The Bertz CT molecular complexity index is 1320. The van der Waals surface area contributed by atoms with E-state index in [9.17, 15) is 4.79 Å². The SMILES string of the molecule is COc1ccc(-n2nc(-c3ccc(C)o3)cc2C(=O)N2CCN(c3ccccc3OC)CC2)cc1. The van der Waals surface area contributed by atoms with Gasteiger partial charge in [0.2, 0.25) is 0 Å². The van der Waals surface area contributed by atoms with Crippen molar-refractivity contribution in [2.45, 2.75) is 6.92 Å². The summed E-state index contributed by atoms with van der Waals surface area (Å²) in [4.78, 5) is 17.8. The molecule has 1 aliphatic rings. The second-order valence-electron chi connectivity index (χ2n) is 8.39. The topological polar surface area (TPSA) is 73.0 Å². The molecule has 5 rings (SSSR count). The van der Waals surface area contributed by atoms with Crippen LogP contribution in [0.3, 0.4) is 0 Å². The predicted molar refractivity (Wildman–Crippen MR) is 134 cm³/mol. The van der Waals surface area contributed by atoms with Crippen LogP contribution in [0.4, 0.5) is 5.69 Å². The van der Waals surface area contributed by atoms with Crippen molar-refractivity contribution in [3.8, 4) is 28.6 Å². The average molecular weight is 473 g/mol. The number of nitrogens with zero attached hydrogens (tertiary/aromatic N) is 4.